The van der Waals surface area contributed by atoms with E-state index < -0.39 is 0 Å². The molecule has 0 radical (unpaired) electrons. The smallest absolute Gasteiger partial charge is 0.174 e. The molecule has 0 bridgehead atoms. The van der Waals surface area contributed by atoms with Gasteiger partial charge in [0, 0.05) is 30.0 Å². The highest BCUT2D eigenvalue weighted by Gasteiger charge is 2.42. The van der Waals surface area contributed by atoms with Gasteiger partial charge in [0.15, 0.2) is 5.11 Å². The van der Waals surface area contributed by atoms with Gasteiger partial charge in [-0.1, -0.05) is 12.1 Å². The Morgan fingerprint density at radius 3 is 2.45 bits per heavy atom. The van der Waals surface area contributed by atoms with Crippen LogP contribution >= 0.6 is 12.2 Å². The number of thiocarbonyl (C=S) groups is 1. The highest BCUT2D eigenvalue weighted by molar-refractivity contribution is 7.80. The van der Waals surface area contributed by atoms with Crippen molar-refractivity contribution in [1.29, 1.82) is 0 Å². The van der Waals surface area contributed by atoms with Gasteiger partial charge < -0.3 is 14.8 Å². The van der Waals surface area contributed by atoms with Crippen molar-refractivity contribution in [2.45, 2.75) is 25.9 Å². The number of aromatic nitrogens is 3. The lowest BCUT2D eigenvalue weighted by Crippen LogP contribution is -2.30. The molecule has 154 valence electrons. The van der Waals surface area contributed by atoms with E-state index in [0.717, 1.165) is 22.8 Å². The normalized spacial score (nSPS) is 18.3. The van der Waals surface area contributed by atoms with E-state index in [0.29, 0.717) is 5.11 Å². The van der Waals surface area contributed by atoms with Crippen molar-refractivity contribution in [2.24, 2.45) is 0 Å². The van der Waals surface area contributed by atoms with Crippen molar-refractivity contribution in [3.8, 4) is 5.69 Å². The Morgan fingerprint density at radius 1 is 0.903 bits per heavy atom. The first kappa shape index (κ1) is 19.5. The molecule has 1 aliphatic rings. The molecule has 0 spiro atoms. The molecule has 1 saturated heterocycles. The van der Waals surface area contributed by atoms with Gasteiger partial charge in [0.2, 0.25) is 0 Å². The number of hydrogen-bond acceptors (Lipinski definition) is 3. The zero-order valence-electron chi connectivity index (χ0n) is 17.4. The molecule has 3 aromatic heterocycles. The molecule has 0 saturated carbocycles. The van der Waals surface area contributed by atoms with Gasteiger partial charge in [-0.05, 0) is 85.7 Å². The van der Waals surface area contributed by atoms with Crippen LogP contribution in [-0.2, 0) is 0 Å². The predicted octanol–water partition coefficient (Wildman–Crippen LogP) is 5.06. The molecule has 2 atom stereocenters. The number of pyridine rings is 2. The third-order valence-corrected chi connectivity index (χ3v) is 5.90. The van der Waals surface area contributed by atoms with E-state index in [1.165, 1.54) is 11.1 Å². The molecule has 4 heterocycles. The zero-order chi connectivity index (χ0) is 21.4. The summed E-state index contributed by atoms with van der Waals surface area (Å²) in [6.45, 7) is 4.24. The molecule has 31 heavy (non-hydrogen) atoms. The lowest BCUT2D eigenvalue weighted by molar-refractivity contribution is 0.549. The predicted molar refractivity (Wildman–Crippen MR) is 127 cm³/mol. The summed E-state index contributed by atoms with van der Waals surface area (Å²) in [7, 11) is 0. The van der Waals surface area contributed by atoms with E-state index in [-0.39, 0.29) is 12.1 Å². The molecule has 1 N–H and O–H groups in total. The van der Waals surface area contributed by atoms with E-state index in [1.807, 2.05) is 30.6 Å². The Kier molecular flexibility index (Phi) is 5.00. The van der Waals surface area contributed by atoms with E-state index >= 15 is 0 Å². The average Bonchev–Trinajstić information content (AvgIpc) is 3.38. The summed E-state index contributed by atoms with van der Waals surface area (Å²) in [4.78, 5) is 11.2. The summed E-state index contributed by atoms with van der Waals surface area (Å²) in [5, 5.41) is 4.24. The maximum Gasteiger partial charge on any atom is 0.174 e. The molecule has 0 aliphatic carbocycles. The first-order valence-electron chi connectivity index (χ1n) is 10.3. The number of nitrogens with zero attached hydrogens (tertiary/aromatic N) is 4. The van der Waals surface area contributed by atoms with Gasteiger partial charge in [0.25, 0.3) is 0 Å². The van der Waals surface area contributed by atoms with Crippen LogP contribution in [0.2, 0.25) is 0 Å². The third-order valence-electron chi connectivity index (χ3n) is 5.59. The lowest BCUT2D eigenvalue weighted by atomic mass is 10.00. The van der Waals surface area contributed by atoms with Crippen LogP contribution in [0, 0.1) is 13.8 Å². The topological polar surface area (TPSA) is 46.0 Å². The second-order valence-electron chi connectivity index (χ2n) is 7.86. The van der Waals surface area contributed by atoms with Crippen LogP contribution in [0.15, 0.2) is 85.5 Å². The first-order valence-corrected chi connectivity index (χ1v) is 10.7. The monoisotopic (exact) mass is 425 g/mol. The summed E-state index contributed by atoms with van der Waals surface area (Å²) in [5.74, 6) is 0. The summed E-state index contributed by atoms with van der Waals surface area (Å²) >= 11 is 5.86. The Bertz CT molecular complexity index is 1200. The molecule has 1 aromatic carbocycles. The molecular formula is C25H23N5S. The average molecular weight is 426 g/mol. The van der Waals surface area contributed by atoms with E-state index in [1.54, 1.807) is 6.20 Å². The summed E-state index contributed by atoms with van der Waals surface area (Å²) in [6, 6.07) is 20.6. The minimum Gasteiger partial charge on any atom is -0.351 e. The number of nitrogens with one attached hydrogen (secondary N) is 1. The van der Waals surface area contributed by atoms with Gasteiger partial charge in [-0.15, -0.1) is 0 Å². The van der Waals surface area contributed by atoms with Gasteiger partial charge in [0.05, 0.1) is 23.6 Å². The van der Waals surface area contributed by atoms with Crippen molar-refractivity contribution in [1.82, 2.24) is 19.9 Å². The van der Waals surface area contributed by atoms with Crippen LogP contribution in [0.3, 0.4) is 0 Å². The fourth-order valence-electron chi connectivity index (χ4n) is 4.39. The second-order valence-corrected chi connectivity index (χ2v) is 8.24. The molecule has 5 rings (SSSR count). The number of aryl methyl sites for hydroxylation is 2. The van der Waals surface area contributed by atoms with E-state index in [9.17, 15) is 0 Å². The SMILES string of the molecule is Cc1cc(C)cc(N2C(=S)N[C@H](c3ccccn3)[C@H]2c2cccn2-c2cccnc2)c1. The molecule has 4 aromatic rings. The number of rotatable bonds is 4. The van der Waals surface area contributed by atoms with Crippen molar-refractivity contribution < 1.29 is 0 Å². The molecule has 1 fully saturated rings. The van der Waals surface area contributed by atoms with Crippen molar-refractivity contribution >= 4 is 23.0 Å². The Morgan fingerprint density at radius 2 is 1.74 bits per heavy atom. The van der Waals surface area contributed by atoms with Crippen LogP contribution in [0.25, 0.3) is 5.69 Å². The zero-order valence-corrected chi connectivity index (χ0v) is 18.3. The van der Waals surface area contributed by atoms with Crippen LogP contribution in [0.1, 0.15) is 34.6 Å². The van der Waals surface area contributed by atoms with Crippen molar-refractivity contribution in [3.63, 3.8) is 0 Å². The fraction of sp³-hybridized carbons (Fsp3) is 0.160. The maximum absolute atomic E-state index is 5.86. The highest BCUT2D eigenvalue weighted by atomic mass is 32.1. The standard InChI is InChI=1S/C25H23N5S/c1-17-13-18(2)15-20(14-17)30-24(23(28-25(30)31)21-8-3-4-11-27-21)22-9-6-12-29(22)19-7-5-10-26-16-19/h3-16,23-24H,1-2H3,(H,28,31)/t23-,24-/m1/s1. The summed E-state index contributed by atoms with van der Waals surface area (Å²) in [5.41, 5.74) is 6.59. The summed E-state index contributed by atoms with van der Waals surface area (Å²) in [6.07, 6.45) is 7.57. The Balaban J connectivity index is 1.69. The molecule has 5 nitrogen and oxygen atoms in total. The minimum absolute atomic E-state index is 0.0705. The molecule has 6 heteroatoms. The molecule has 0 amide bonds. The minimum atomic E-state index is -0.0835. The number of benzene rings is 1. The van der Waals surface area contributed by atoms with Crippen LogP contribution < -0.4 is 10.2 Å². The molecule has 1 aliphatic heterocycles. The van der Waals surface area contributed by atoms with Gasteiger partial charge in [-0.3, -0.25) is 9.97 Å². The van der Waals surface area contributed by atoms with E-state index in [2.05, 4.69) is 87.3 Å². The van der Waals surface area contributed by atoms with Crippen LogP contribution in [0.5, 0.6) is 0 Å². The first-order chi connectivity index (χ1) is 15.1. The maximum atomic E-state index is 5.86. The quantitative estimate of drug-likeness (QED) is 0.463. The van der Waals surface area contributed by atoms with Gasteiger partial charge >= 0.3 is 0 Å². The van der Waals surface area contributed by atoms with Crippen molar-refractivity contribution in [3.05, 3.63) is 108 Å². The van der Waals surface area contributed by atoms with Crippen LogP contribution in [-0.4, -0.2) is 19.6 Å². The lowest BCUT2D eigenvalue weighted by Gasteiger charge is -2.29. The summed E-state index contributed by atoms with van der Waals surface area (Å²) < 4.78 is 2.18. The third kappa shape index (κ3) is 3.59. The van der Waals surface area contributed by atoms with Gasteiger partial charge in [-0.2, -0.15) is 0 Å². The van der Waals surface area contributed by atoms with Gasteiger partial charge in [0.1, 0.15) is 6.04 Å². The van der Waals surface area contributed by atoms with Gasteiger partial charge in [-0.25, -0.2) is 0 Å². The Hall–Kier alpha value is -3.51. The number of anilines is 1. The molecular weight excluding hydrogens is 402 g/mol. The Labute approximate surface area is 187 Å². The van der Waals surface area contributed by atoms with Crippen molar-refractivity contribution in [2.75, 3.05) is 4.90 Å². The van der Waals surface area contributed by atoms with Crippen LogP contribution in [0.4, 0.5) is 5.69 Å². The second kappa shape index (κ2) is 7.96. The fourth-order valence-corrected chi connectivity index (χ4v) is 4.74. The largest absolute Gasteiger partial charge is 0.351 e. The number of hydrogen-bond donors (Lipinski definition) is 1. The van der Waals surface area contributed by atoms with E-state index in [4.69, 9.17) is 12.2 Å². The molecule has 0 unspecified atom stereocenters. The highest BCUT2D eigenvalue weighted by Crippen LogP contribution is 2.42.